The third-order valence-corrected chi connectivity index (χ3v) is 2.90. The standard InChI is InChI=1S/C15H19N5O2/c1-15(2,3)13(9-20-11-16-10-17-20)19-22-14(21)18-12-7-5-4-6-8-12/h4-8,10-11H,9H2,1-3H3,(H,18,21)/b19-13-. The second kappa shape index (κ2) is 6.84. The Bertz CT molecular complexity index is 630. The molecular formula is C15H19N5O2. The molecule has 0 aliphatic rings. The predicted octanol–water partition coefficient (Wildman–Crippen LogP) is 2.93. The molecule has 0 atom stereocenters. The van der Waals surface area contributed by atoms with E-state index in [1.165, 1.54) is 6.33 Å². The van der Waals surface area contributed by atoms with Gasteiger partial charge in [0.25, 0.3) is 0 Å². The first kappa shape index (κ1) is 15.7. The number of anilines is 1. The average molecular weight is 301 g/mol. The SMILES string of the molecule is CC(C)(C)/C(Cn1cncn1)=N\OC(=O)Nc1ccccc1. The highest BCUT2D eigenvalue weighted by Crippen LogP contribution is 2.18. The van der Waals surface area contributed by atoms with Crippen molar-refractivity contribution in [2.24, 2.45) is 10.6 Å². The van der Waals surface area contributed by atoms with E-state index in [1.807, 2.05) is 39.0 Å². The Hall–Kier alpha value is -2.70. The average Bonchev–Trinajstić information content (AvgIpc) is 2.96. The van der Waals surface area contributed by atoms with Crippen molar-refractivity contribution in [1.82, 2.24) is 14.8 Å². The zero-order valence-corrected chi connectivity index (χ0v) is 12.9. The quantitative estimate of drug-likeness (QED) is 0.535. The summed E-state index contributed by atoms with van der Waals surface area (Å²) in [6.45, 7) is 6.37. The molecule has 2 aromatic rings. The van der Waals surface area contributed by atoms with Crippen molar-refractivity contribution in [2.75, 3.05) is 5.32 Å². The Morgan fingerprint density at radius 2 is 2.05 bits per heavy atom. The lowest BCUT2D eigenvalue weighted by Crippen LogP contribution is -2.27. The van der Waals surface area contributed by atoms with Crippen LogP contribution in [0.3, 0.4) is 0 Å². The van der Waals surface area contributed by atoms with Crippen LogP contribution in [0.2, 0.25) is 0 Å². The van der Waals surface area contributed by atoms with Crippen molar-refractivity contribution in [1.29, 1.82) is 0 Å². The second-order valence-corrected chi connectivity index (χ2v) is 5.75. The highest BCUT2D eigenvalue weighted by molar-refractivity contribution is 5.90. The van der Waals surface area contributed by atoms with Gasteiger partial charge in [-0.15, -0.1) is 0 Å². The van der Waals surface area contributed by atoms with Gasteiger partial charge < -0.3 is 0 Å². The molecule has 0 aliphatic heterocycles. The molecule has 116 valence electrons. The van der Waals surface area contributed by atoms with E-state index in [4.69, 9.17) is 4.84 Å². The van der Waals surface area contributed by atoms with E-state index in [0.29, 0.717) is 17.9 Å². The zero-order chi connectivity index (χ0) is 16.0. The van der Waals surface area contributed by atoms with E-state index < -0.39 is 6.09 Å². The molecule has 0 unspecified atom stereocenters. The van der Waals surface area contributed by atoms with Gasteiger partial charge in [-0.3, -0.25) is 10.2 Å². The van der Waals surface area contributed by atoms with Crippen molar-refractivity contribution in [3.63, 3.8) is 0 Å². The van der Waals surface area contributed by atoms with Gasteiger partial charge in [0.2, 0.25) is 0 Å². The van der Waals surface area contributed by atoms with E-state index in [2.05, 4.69) is 20.6 Å². The lowest BCUT2D eigenvalue weighted by molar-refractivity contribution is 0.164. The maximum absolute atomic E-state index is 11.8. The van der Waals surface area contributed by atoms with Crippen LogP contribution >= 0.6 is 0 Å². The number of para-hydroxylation sites is 1. The minimum Gasteiger partial charge on any atom is -0.298 e. The van der Waals surface area contributed by atoms with Crippen LogP contribution < -0.4 is 5.32 Å². The van der Waals surface area contributed by atoms with Crippen molar-refractivity contribution >= 4 is 17.5 Å². The van der Waals surface area contributed by atoms with Gasteiger partial charge in [0.1, 0.15) is 12.7 Å². The summed E-state index contributed by atoms with van der Waals surface area (Å²) in [6.07, 6.45) is 2.40. The predicted molar refractivity (Wildman–Crippen MR) is 83.5 cm³/mol. The number of amides is 1. The summed E-state index contributed by atoms with van der Waals surface area (Å²) in [5.74, 6) is 0. The molecule has 1 aromatic carbocycles. The molecule has 0 aliphatic carbocycles. The van der Waals surface area contributed by atoms with Crippen LogP contribution in [0.1, 0.15) is 20.8 Å². The molecule has 7 nitrogen and oxygen atoms in total. The van der Waals surface area contributed by atoms with E-state index in [0.717, 1.165) is 0 Å². The Balaban J connectivity index is 2.01. The number of carbonyl (C=O) groups is 1. The van der Waals surface area contributed by atoms with Crippen LogP contribution in [0.5, 0.6) is 0 Å². The lowest BCUT2D eigenvalue weighted by atomic mass is 9.90. The number of hydrogen-bond donors (Lipinski definition) is 1. The third-order valence-electron chi connectivity index (χ3n) is 2.90. The Morgan fingerprint density at radius 3 is 2.64 bits per heavy atom. The highest BCUT2D eigenvalue weighted by atomic mass is 16.7. The topological polar surface area (TPSA) is 81.4 Å². The van der Waals surface area contributed by atoms with Gasteiger partial charge in [0.05, 0.1) is 12.3 Å². The van der Waals surface area contributed by atoms with Gasteiger partial charge in [0.15, 0.2) is 0 Å². The summed E-state index contributed by atoms with van der Waals surface area (Å²) in [4.78, 5) is 20.6. The van der Waals surface area contributed by atoms with Crippen molar-refractivity contribution in [2.45, 2.75) is 27.3 Å². The number of oxime groups is 1. The molecule has 0 saturated heterocycles. The molecule has 0 fully saturated rings. The fourth-order valence-corrected chi connectivity index (χ4v) is 1.63. The van der Waals surface area contributed by atoms with E-state index >= 15 is 0 Å². The fraction of sp³-hybridized carbons (Fsp3) is 0.333. The molecule has 1 aromatic heterocycles. The molecule has 1 amide bonds. The first-order valence-electron chi connectivity index (χ1n) is 6.88. The number of aromatic nitrogens is 3. The molecule has 1 heterocycles. The summed E-state index contributed by atoms with van der Waals surface area (Å²) in [6, 6.07) is 9.05. The minimum atomic E-state index is -0.633. The fourth-order valence-electron chi connectivity index (χ4n) is 1.63. The maximum atomic E-state index is 11.8. The van der Waals surface area contributed by atoms with Gasteiger partial charge >= 0.3 is 6.09 Å². The largest absolute Gasteiger partial charge is 0.437 e. The summed E-state index contributed by atoms with van der Waals surface area (Å²) < 4.78 is 1.63. The van der Waals surface area contributed by atoms with Gasteiger partial charge in [0, 0.05) is 11.1 Å². The normalized spacial score (nSPS) is 12.0. The Morgan fingerprint density at radius 1 is 1.32 bits per heavy atom. The molecule has 7 heteroatoms. The number of carbonyl (C=O) groups excluding carboxylic acids is 1. The van der Waals surface area contributed by atoms with Crippen LogP contribution in [0, 0.1) is 5.41 Å². The van der Waals surface area contributed by atoms with Crippen LogP contribution in [0.15, 0.2) is 48.1 Å². The molecule has 0 saturated carbocycles. The highest BCUT2D eigenvalue weighted by Gasteiger charge is 2.21. The van der Waals surface area contributed by atoms with Crippen LogP contribution in [-0.4, -0.2) is 26.6 Å². The number of nitrogens with zero attached hydrogens (tertiary/aromatic N) is 4. The Kier molecular flexibility index (Phi) is 4.88. The maximum Gasteiger partial charge on any atom is 0.437 e. The van der Waals surface area contributed by atoms with Crippen LogP contribution in [0.4, 0.5) is 10.5 Å². The van der Waals surface area contributed by atoms with E-state index in [-0.39, 0.29) is 5.41 Å². The molecule has 1 N–H and O–H groups in total. The van der Waals surface area contributed by atoms with Crippen LogP contribution in [0.25, 0.3) is 0 Å². The summed E-state index contributed by atoms with van der Waals surface area (Å²) in [7, 11) is 0. The van der Waals surface area contributed by atoms with Gasteiger partial charge in [-0.05, 0) is 12.1 Å². The summed E-state index contributed by atoms with van der Waals surface area (Å²) >= 11 is 0. The summed E-state index contributed by atoms with van der Waals surface area (Å²) in [5, 5.41) is 10.6. The monoisotopic (exact) mass is 301 g/mol. The molecule has 0 radical (unpaired) electrons. The van der Waals surface area contributed by atoms with E-state index in [9.17, 15) is 4.79 Å². The first-order valence-corrected chi connectivity index (χ1v) is 6.88. The van der Waals surface area contributed by atoms with Crippen molar-refractivity contribution < 1.29 is 9.63 Å². The van der Waals surface area contributed by atoms with Gasteiger partial charge in [-0.1, -0.05) is 44.1 Å². The number of benzene rings is 1. The lowest BCUT2D eigenvalue weighted by Gasteiger charge is -2.20. The molecule has 22 heavy (non-hydrogen) atoms. The van der Waals surface area contributed by atoms with E-state index in [1.54, 1.807) is 23.1 Å². The van der Waals surface area contributed by atoms with Crippen molar-refractivity contribution in [3.8, 4) is 0 Å². The molecule has 0 spiro atoms. The number of rotatable bonds is 4. The summed E-state index contributed by atoms with van der Waals surface area (Å²) in [5.41, 5.74) is 1.07. The first-order chi connectivity index (χ1) is 10.4. The third kappa shape index (κ3) is 4.69. The van der Waals surface area contributed by atoms with Gasteiger partial charge in [-0.25, -0.2) is 14.5 Å². The van der Waals surface area contributed by atoms with Crippen molar-refractivity contribution in [3.05, 3.63) is 43.0 Å². The second-order valence-electron chi connectivity index (χ2n) is 5.75. The van der Waals surface area contributed by atoms with Gasteiger partial charge in [-0.2, -0.15) is 5.10 Å². The molecule has 0 bridgehead atoms. The smallest absolute Gasteiger partial charge is 0.298 e. The molecular weight excluding hydrogens is 282 g/mol. The minimum absolute atomic E-state index is 0.265. The number of nitrogens with one attached hydrogen (secondary N) is 1. The zero-order valence-electron chi connectivity index (χ0n) is 12.9. The number of hydrogen-bond acceptors (Lipinski definition) is 5. The molecule has 2 rings (SSSR count). The van der Waals surface area contributed by atoms with Crippen LogP contribution in [-0.2, 0) is 11.4 Å². The Labute approximate surface area is 129 Å².